The van der Waals surface area contributed by atoms with E-state index in [1.165, 1.54) is 36.0 Å². The molecule has 0 N–H and O–H groups in total. The van der Waals surface area contributed by atoms with Crippen LogP contribution in [0, 0.1) is 10.1 Å². The number of nitro benzene ring substituents is 1. The van der Waals surface area contributed by atoms with Gasteiger partial charge in [0.25, 0.3) is 11.6 Å². The fourth-order valence-corrected chi connectivity index (χ4v) is 3.20. The molecule has 0 fully saturated rings. The third kappa shape index (κ3) is 3.67. The van der Waals surface area contributed by atoms with E-state index in [4.69, 9.17) is 9.26 Å². The highest BCUT2D eigenvalue weighted by molar-refractivity contribution is 7.98. The zero-order valence-electron chi connectivity index (χ0n) is 15.0. The van der Waals surface area contributed by atoms with Crippen LogP contribution >= 0.6 is 11.8 Å². The molecule has 3 heterocycles. The van der Waals surface area contributed by atoms with Crippen LogP contribution < -0.4 is 0 Å². The number of carbonyl (C=O) groups is 1. The number of pyridine rings is 1. The Morgan fingerprint density at radius 3 is 2.76 bits per heavy atom. The van der Waals surface area contributed by atoms with Crippen molar-refractivity contribution in [3.63, 3.8) is 0 Å². The van der Waals surface area contributed by atoms with Gasteiger partial charge in [-0.3, -0.25) is 14.5 Å². The number of hydrogen-bond donors (Lipinski definition) is 0. The summed E-state index contributed by atoms with van der Waals surface area (Å²) in [7, 11) is 0. The number of thioether (sulfide) groups is 1. The van der Waals surface area contributed by atoms with Gasteiger partial charge in [-0.1, -0.05) is 23.0 Å². The summed E-state index contributed by atoms with van der Waals surface area (Å²) in [5, 5.41) is 15.2. The number of non-ortho nitro benzene ring substituents is 1. The molecule has 4 aromatic rings. The van der Waals surface area contributed by atoms with E-state index >= 15 is 0 Å². The molecule has 0 saturated heterocycles. The van der Waals surface area contributed by atoms with Crippen molar-refractivity contribution in [2.45, 2.75) is 11.8 Å². The molecule has 0 aliphatic rings. The Labute approximate surface area is 167 Å². The molecule has 0 bridgehead atoms. The predicted octanol–water partition coefficient (Wildman–Crippen LogP) is 3.37. The molecule has 0 saturated carbocycles. The first kappa shape index (κ1) is 18.6. The van der Waals surface area contributed by atoms with Crippen molar-refractivity contribution < 1.29 is 19.0 Å². The van der Waals surface area contributed by atoms with Crippen LogP contribution in [0.15, 0.2) is 58.3 Å². The number of hydrogen-bond acceptors (Lipinski definition) is 9. The largest absolute Gasteiger partial charge is 0.451 e. The lowest BCUT2D eigenvalue weighted by atomic mass is 10.2. The molecule has 146 valence electrons. The third-order valence-electron chi connectivity index (χ3n) is 4.02. The van der Waals surface area contributed by atoms with Gasteiger partial charge in [-0.15, -0.1) is 0 Å². The molecule has 0 unspecified atom stereocenters. The van der Waals surface area contributed by atoms with Gasteiger partial charge in [0, 0.05) is 23.9 Å². The van der Waals surface area contributed by atoms with Crippen molar-refractivity contribution in [1.82, 2.24) is 19.5 Å². The molecule has 11 heteroatoms. The first-order valence-electron chi connectivity index (χ1n) is 8.32. The lowest BCUT2D eigenvalue weighted by Gasteiger charge is -1.99. The molecule has 0 spiro atoms. The normalized spacial score (nSPS) is 10.9. The summed E-state index contributed by atoms with van der Waals surface area (Å²) >= 11 is 1.42. The van der Waals surface area contributed by atoms with E-state index in [0.29, 0.717) is 16.2 Å². The number of aromatic nitrogens is 4. The monoisotopic (exact) mass is 411 g/mol. The maximum atomic E-state index is 12.5. The van der Waals surface area contributed by atoms with Gasteiger partial charge in [-0.2, -0.15) is 4.98 Å². The standard InChI is InChI=1S/C18H13N5O5S/c1-29-18-20-15(13-4-2-3-9-22(13)18)17(24)27-10-14-19-16(21-28-14)11-5-7-12(8-6-11)23(25)26/h2-9H,10H2,1H3. The minimum Gasteiger partial charge on any atom is -0.451 e. The minimum atomic E-state index is -0.607. The average molecular weight is 411 g/mol. The summed E-state index contributed by atoms with van der Waals surface area (Å²) < 4.78 is 12.2. The van der Waals surface area contributed by atoms with Crippen LogP contribution in [-0.4, -0.2) is 36.7 Å². The summed E-state index contributed by atoms with van der Waals surface area (Å²) in [6, 6.07) is 11.2. The highest BCUT2D eigenvalue weighted by Gasteiger charge is 2.20. The first-order chi connectivity index (χ1) is 14.1. The summed E-state index contributed by atoms with van der Waals surface area (Å²) in [6.45, 7) is -0.223. The molecule has 0 aliphatic carbocycles. The second kappa shape index (κ2) is 7.72. The van der Waals surface area contributed by atoms with Crippen LogP contribution in [0.1, 0.15) is 16.4 Å². The van der Waals surface area contributed by atoms with Gasteiger partial charge in [0.1, 0.15) is 0 Å². The van der Waals surface area contributed by atoms with Gasteiger partial charge in [0.2, 0.25) is 5.82 Å². The molecule has 0 atom stereocenters. The number of ether oxygens (including phenoxy) is 1. The Morgan fingerprint density at radius 2 is 2.03 bits per heavy atom. The SMILES string of the molecule is CSc1nc(C(=O)OCc2nc(-c3ccc([N+](=O)[O-])cc3)no2)c2ccccn12. The summed E-state index contributed by atoms with van der Waals surface area (Å²) in [5.41, 5.74) is 1.34. The topological polar surface area (TPSA) is 126 Å². The van der Waals surface area contributed by atoms with Gasteiger partial charge in [-0.25, -0.2) is 9.78 Å². The van der Waals surface area contributed by atoms with Crippen molar-refractivity contribution in [2.75, 3.05) is 6.26 Å². The van der Waals surface area contributed by atoms with E-state index in [0.717, 1.165) is 0 Å². The molecule has 4 rings (SSSR count). The number of nitrogens with zero attached hydrogens (tertiary/aromatic N) is 5. The fourth-order valence-electron chi connectivity index (χ4n) is 2.66. The minimum absolute atomic E-state index is 0.0386. The van der Waals surface area contributed by atoms with Crippen LogP contribution in [0.4, 0.5) is 5.69 Å². The first-order valence-corrected chi connectivity index (χ1v) is 9.55. The number of esters is 1. The summed E-state index contributed by atoms with van der Waals surface area (Å²) in [4.78, 5) is 31.2. The number of carbonyl (C=O) groups excluding carboxylic acids is 1. The highest BCUT2D eigenvalue weighted by Crippen LogP contribution is 2.22. The second-order valence-corrected chi connectivity index (χ2v) is 6.57. The Bertz CT molecular complexity index is 1200. The van der Waals surface area contributed by atoms with Gasteiger partial charge in [0.05, 0.1) is 10.4 Å². The number of nitro groups is 1. The van der Waals surface area contributed by atoms with E-state index in [-0.39, 0.29) is 29.7 Å². The van der Waals surface area contributed by atoms with Gasteiger partial charge >= 0.3 is 5.97 Å². The van der Waals surface area contributed by atoms with Crippen molar-refractivity contribution in [3.8, 4) is 11.4 Å². The van der Waals surface area contributed by atoms with E-state index in [1.54, 1.807) is 10.5 Å². The molecular weight excluding hydrogens is 398 g/mol. The van der Waals surface area contributed by atoms with E-state index < -0.39 is 10.9 Å². The molecule has 0 aliphatic heterocycles. The second-order valence-electron chi connectivity index (χ2n) is 5.79. The molecule has 0 radical (unpaired) electrons. The van der Waals surface area contributed by atoms with E-state index in [2.05, 4.69) is 15.1 Å². The van der Waals surface area contributed by atoms with Crippen molar-refractivity contribution in [2.24, 2.45) is 0 Å². The predicted molar refractivity (Wildman–Crippen MR) is 102 cm³/mol. The van der Waals surface area contributed by atoms with E-state index in [9.17, 15) is 14.9 Å². The highest BCUT2D eigenvalue weighted by atomic mass is 32.2. The molecular formula is C18H13N5O5S. The smallest absolute Gasteiger partial charge is 0.359 e. The van der Waals surface area contributed by atoms with Crippen molar-refractivity contribution in [3.05, 3.63) is 70.4 Å². The fraction of sp³-hybridized carbons (Fsp3) is 0.111. The molecule has 0 amide bonds. The molecule has 1 aromatic carbocycles. The summed E-state index contributed by atoms with van der Waals surface area (Å²) in [5.74, 6) is -0.271. The number of rotatable bonds is 6. The van der Waals surface area contributed by atoms with Crippen LogP contribution in [0.5, 0.6) is 0 Å². The quantitative estimate of drug-likeness (QED) is 0.203. The lowest BCUT2D eigenvalue weighted by molar-refractivity contribution is -0.384. The molecule has 29 heavy (non-hydrogen) atoms. The summed E-state index contributed by atoms with van der Waals surface area (Å²) in [6.07, 6.45) is 3.69. The van der Waals surface area contributed by atoms with Crippen LogP contribution in [-0.2, 0) is 11.3 Å². The number of fused-ring (bicyclic) bond motifs is 1. The Hall–Kier alpha value is -3.73. The molecule has 10 nitrogen and oxygen atoms in total. The van der Waals surface area contributed by atoms with Gasteiger partial charge < -0.3 is 9.26 Å². The van der Waals surface area contributed by atoms with Crippen LogP contribution in [0.2, 0.25) is 0 Å². The van der Waals surface area contributed by atoms with Crippen LogP contribution in [0.3, 0.4) is 0 Å². The molecule has 3 aromatic heterocycles. The lowest BCUT2D eigenvalue weighted by Crippen LogP contribution is -2.06. The van der Waals surface area contributed by atoms with Crippen LogP contribution in [0.25, 0.3) is 16.9 Å². The van der Waals surface area contributed by atoms with Crippen molar-refractivity contribution >= 4 is 28.9 Å². The maximum absolute atomic E-state index is 12.5. The number of benzene rings is 1. The zero-order chi connectivity index (χ0) is 20.4. The van der Waals surface area contributed by atoms with Crippen molar-refractivity contribution in [1.29, 1.82) is 0 Å². The van der Waals surface area contributed by atoms with Gasteiger partial charge in [-0.05, 0) is 30.5 Å². The van der Waals surface area contributed by atoms with Gasteiger partial charge in [0.15, 0.2) is 17.5 Å². The Kier molecular flexibility index (Phi) is 4.96. The Balaban J connectivity index is 1.47. The maximum Gasteiger partial charge on any atom is 0.359 e. The van der Waals surface area contributed by atoms with E-state index in [1.807, 2.05) is 24.6 Å². The average Bonchev–Trinajstić information content (AvgIpc) is 3.37. The number of imidazole rings is 1. The third-order valence-corrected chi connectivity index (χ3v) is 4.68. The zero-order valence-corrected chi connectivity index (χ0v) is 15.8. The Morgan fingerprint density at radius 1 is 1.24 bits per heavy atom.